The van der Waals surface area contributed by atoms with E-state index in [-0.39, 0.29) is 19.2 Å². The van der Waals surface area contributed by atoms with Gasteiger partial charge in [-0.3, -0.25) is 0 Å². The molecule has 2 aromatic rings. The Morgan fingerprint density at radius 2 is 2.00 bits per heavy atom. The smallest absolute Gasteiger partial charge is 0.319 e. The molecule has 1 aliphatic heterocycles. The molecule has 2 fully saturated rings. The predicted octanol–water partition coefficient (Wildman–Crippen LogP) is 1.91. The van der Waals surface area contributed by atoms with Crippen molar-refractivity contribution >= 4 is 27.4 Å². The Balaban J connectivity index is 1.70. The molecule has 3 N–H and O–H groups in total. The van der Waals surface area contributed by atoms with Gasteiger partial charge in [0.25, 0.3) is 0 Å². The quantitative estimate of drug-likeness (QED) is 0.537. The van der Waals surface area contributed by atoms with Gasteiger partial charge in [0.05, 0.1) is 31.6 Å². The number of ether oxygens (including phenoxy) is 1. The first-order chi connectivity index (χ1) is 16.2. The molecule has 2 aliphatic rings. The van der Waals surface area contributed by atoms with E-state index in [1.807, 2.05) is 6.07 Å². The Hall–Kier alpha value is -2.76. The molecule has 0 spiro atoms. The van der Waals surface area contributed by atoms with Crippen molar-refractivity contribution in [2.24, 2.45) is 0 Å². The highest BCUT2D eigenvalue weighted by molar-refractivity contribution is 7.91. The number of nitrogens with zero attached hydrogens (tertiary/aromatic N) is 3. The van der Waals surface area contributed by atoms with Gasteiger partial charge < -0.3 is 25.4 Å². The first-order valence-corrected chi connectivity index (χ1v) is 13.3. The zero-order chi connectivity index (χ0) is 24.3. The minimum Gasteiger partial charge on any atom is -0.395 e. The van der Waals surface area contributed by atoms with Gasteiger partial charge in [-0.05, 0) is 50.5 Å². The van der Waals surface area contributed by atoms with Crippen LogP contribution < -0.4 is 15.5 Å². The second kappa shape index (κ2) is 9.85. The van der Waals surface area contributed by atoms with Gasteiger partial charge in [-0.2, -0.15) is 0 Å². The fraction of sp³-hybridized carbons (Fsp3) is 0.522. The number of morpholine rings is 1. The molecular formula is C23H31N5O5S. The Morgan fingerprint density at radius 1 is 1.26 bits per heavy atom. The maximum Gasteiger partial charge on any atom is 0.319 e. The lowest BCUT2D eigenvalue weighted by Gasteiger charge is -2.40. The maximum atomic E-state index is 12.8. The normalized spacial score (nSPS) is 19.9. The number of rotatable bonds is 7. The molecule has 11 heteroatoms. The zero-order valence-electron chi connectivity index (χ0n) is 19.5. The Labute approximate surface area is 199 Å². The van der Waals surface area contributed by atoms with E-state index in [0.29, 0.717) is 61.2 Å². The van der Waals surface area contributed by atoms with Crippen LogP contribution in [-0.4, -0.2) is 74.7 Å². The molecule has 1 saturated heterocycles. The fourth-order valence-corrected chi connectivity index (χ4v) is 5.89. The molecule has 1 aliphatic carbocycles. The second-order valence-corrected chi connectivity index (χ2v) is 11.2. The Kier molecular flexibility index (Phi) is 7.06. The highest BCUT2D eigenvalue weighted by Crippen LogP contribution is 2.48. The standard InChI is InChI=1S/C23H31N5O5S/c1-16-15-33-13-11-28(16)20-14-19(23(8-3-9-23)34(2,31)32)26-21(27-20)17-4-6-18(7-5-17)25-22(30)24-10-12-29/h4-7,14,16,29H,3,8-13,15H2,1-2H3,(H2,24,25,30)/t16-/m0/s1. The monoisotopic (exact) mass is 489 g/mol. The average molecular weight is 490 g/mol. The molecule has 2 heterocycles. The third-order valence-electron chi connectivity index (χ3n) is 6.51. The number of hydrogen-bond donors (Lipinski definition) is 3. The topological polar surface area (TPSA) is 134 Å². The first kappa shape index (κ1) is 24.4. The highest BCUT2D eigenvalue weighted by atomic mass is 32.2. The number of benzene rings is 1. The van der Waals surface area contributed by atoms with Crippen molar-refractivity contribution in [1.82, 2.24) is 15.3 Å². The van der Waals surface area contributed by atoms with Crippen LogP contribution in [0.2, 0.25) is 0 Å². The molecule has 184 valence electrons. The Morgan fingerprint density at radius 3 is 2.59 bits per heavy atom. The van der Waals surface area contributed by atoms with E-state index in [2.05, 4.69) is 22.5 Å². The van der Waals surface area contributed by atoms with E-state index >= 15 is 0 Å². The third-order valence-corrected chi connectivity index (χ3v) is 8.55. The van der Waals surface area contributed by atoms with Crippen molar-refractivity contribution in [2.45, 2.75) is 37.0 Å². The highest BCUT2D eigenvalue weighted by Gasteiger charge is 2.49. The summed E-state index contributed by atoms with van der Waals surface area (Å²) < 4.78 is 30.2. The van der Waals surface area contributed by atoms with Gasteiger partial charge in [0.15, 0.2) is 15.7 Å². The summed E-state index contributed by atoms with van der Waals surface area (Å²) in [6.45, 7) is 3.89. The number of amides is 2. The van der Waals surface area contributed by atoms with Gasteiger partial charge in [-0.25, -0.2) is 23.2 Å². The van der Waals surface area contributed by atoms with Crippen LogP contribution in [0.4, 0.5) is 16.3 Å². The van der Waals surface area contributed by atoms with E-state index in [1.165, 1.54) is 6.26 Å². The molecule has 1 aromatic heterocycles. The van der Waals surface area contributed by atoms with Crippen molar-refractivity contribution in [1.29, 1.82) is 0 Å². The van der Waals surface area contributed by atoms with Crippen LogP contribution in [-0.2, 0) is 19.3 Å². The third kappa shape index (κ3) is 4.86. The van der Waals surface area contributed by atoms with Crippen LogP contribution in [0.3, 0.4) is 0 Å². The van der Waals surface area contributed by atoms with Crippen molar-refractivity contribution in [3.05, 3.63) is 36.0 Å². The van der Waals surface area contributed by atoms with Crippen molar-refractivity contribution < 1.29 is 23.1 Å². The van der Waals surface area contributed by atoms with Gasteiger partial charge in [-0.15, -0.1) is 0 Å². The summed E-state index contributed by atoms with van der Waals surface area (Å²) >= 11 is 0. The van der Waals surface area contributed by atoms with Crippen molar-refractivity contribution in [2.75, 3.05) is 49.4 Å². The van der Waals surface area contributed by atoms with E-state index in [9.17, 15) is 13.2 Å². The second-order valence-electron chi connectivity index (χ2n) is 8.85. The summed E-state index contributed by atoms with van der Waals surface area (Å²) in [6.07, 6.45) is 3.22. The number of hydrogen-bond acceptors (Lipinski definition) is 8. The summed E-state index contributed by atoms with van der Waals surface area (Å²) in [4.78, 5) is 23.5. The molecular weight excluding hydrogens is 458 g/mol. The molecule has 1 aromatic carbocycles. The van der Waals surface area contributed by atoms with Gasteiger partial charge in [0.2, 0.25) is 0 Å². The summed E-state index contributed by atoms with van der Waals surface area (Å²) in [7, 11) is -3.37. The number of aliphatic hydroxyl groups excluding tert-OH is 1. The largest absolute Gasteiger partial charge is 0.395 e. The number of aromatic nitrogens is 2. The SMILES string of the molecule is C[C@H]1COCCN1c1cc(C2(S(C)(=O)=O)CCC2)nc(-c2ccc(NC(=O)NCCO)cc2)n1. The summed E-state index contributed by atoms with van der Waals surface area (Å²) in [5.74, 6) is 1.13. The van der Waals surface area contributed by atoms with Gasteiger partial charge in [0.1, 0.15) is 10.6 Å². The van der Waals surface area contributed by atoms with Crippen LogP contribution in [0, 0.1) is 0 Å². The zero-order valence-corrected chi connectivity index (χ0v) is 20.3. The molecule has 1 saturated carbocycles. The summed E-state index contributed by atoms with van der Waals surface area (Å²) in [6, 6.07) is 8.57. The van der Waals surface area contributed by atoms with E-state index in [1.54, 1.807) is 24.3 Å². The number of aliphatic hydroxyl groups is 1. The fourth-order valence-electron chi connectivity index (χ4n) is 4.37. The molecule has 0 unspecified atom stereocenters. The lowest BCUT2D eigenvalue weighted by molar-refractivity contribution is 0.0985. The maximum absolute atomic E-state index is 12.8. The van der Waals surface area contributed by atoms with Crippen LogP contribution in [0.1, 0.15) is 31.9 Å². The number of urea groups is 1. The van der Waals surface area contributed by atoms with E-state index < -0.39 is 20.6 Å². The molecule has 34 heavy (non-hydrogen) atoms. The van der Waals surface area contributed by atoms with Crippen molar-refractivity contribution in [3.63, 3.8) is 0 Å². The van der Waals surface area contributed by atoms with Gasteiger partial charge in [-0.1, -0.05) is 0 Å². The lowest BCUT2D eigenvalue weighted by atomic mass is 9.81. The summed E-state index contributed by atoms with van der Waals surface area (Å²) in [5, 5.41) is 14.0. The van der Waals surface area contributed by atoms with E-state index in [4.69, 9.17) is 19.8 Å². The number of carbonyl (C=O) groups excluding carboxylic acids is 1. The number of carbonyl (C=O) groups is 1. The predicted molar refractivity (Wildman–Crippen MR) is 130 cm³/mol. The first-order valence-electron chi connectivity index (χ1n) is 11.4. The molecule has 2 amide bonds. The minimum atomic E-state index is -3.37. The molecule has 1 atom stereocenters. The number of nitrogens with one attached hydrogen (secondary N) is 2. The van der Waals surface area contributed by atoms with Crippen LogP contribution in [0.15, 0.2) is 30.3 Å². The Bertz CT molecular complexity index is 1130. The molecule has 0 radical (unpaired) electrons. The number of anilines is 2. The van der Waals surface area contributed by atoms with Crippen LogP contribution in [0.25, 0.3) is 11.4 Å². The molecule has 10 nitrogen and oxygen atoms in total. The lowest BCUT2D eigenvalue weighted by Crippen LogP contribution is -2.45. The van der Waals surface area contributed by atoms with E-state index in [0.717, 1.165) is 6.42 Å². The average Bonchev–Trinajstić information content (AvgIpc) is 2.76. The van der Waals surface area contributed by atoms with Gasteiger partial charge in [0, 0.05) is 36.7 Å². The van der Waals surface area contributed by atoms with Crippen LogP contribution >= 0.6 is 0 Å². The molecule has 4 rings (SSSR count). The minimum absolute atomic E-state index is 0.101. The molecule has 0 bridgehead atoms. The van der Waals surface area contributed by atoms with Gasteiger partial charge >= 0.3 is 6.03 Å². The van der Waals surface area contributed by atoms with Crippen LogP contribution in [0.5, 0.6) is 0 Å². The van der Waals surface area contributed by atoms with Crippen molar-refractivity contribution in [3.8, 4) is 11.4 Å². The summed E-state index contributed by atoms with van der Waals surface area (Å²) in [5.41, 5.74) is 1.82. The number of sulfone groups is 1.